The fourth-order valence-corrected chi connectivity index (χ4v) is 6.16. The standard InChI is InChI=1S/C29H38N4O2/c1-31-14-4-5-23(20-31)25-6-3-7-28(35-2)26(25)13-17-32-15-11-24(12-16-32)33-18-10-21-8-9-22(29(30)34)19-27(21)33/h3,6-10,18-19,23-24H,4-5,11-17,20H2,1-2H3,(H2,30,34). The van der Waals surface area contributed by atoms with Gasteiger partial charge in [0.15, 0.2) is 0 Å². The summed E-state index contributed by atoms with van der Waals surface area (Å²) in [5, 5.41) is 1.16. The number of fused-ring (bicyclic) bond motifs is 1. The van der Waals surface area contributed by atoms with Crippen LogP contribution < -0.4 is 10.5 Å². The van der Waals surface area contributed by atoms with Gasteiger partial charge in [0.2, 0.25) is 5.91 Å². The number of aromatic nitrogens is 1. The molecule has 0 bridgehead atoms. The van der Waals surface area contributed by atoms with Crippen LogP contribution in [0.2, 0.25) is 0 Å². The number of likely N-dealkylation sites (tertiary alicyclic amines) is 2. The van der Waals surface area contributed by atoms with Gasteiger partial charge in [0, 0.05) is 49.5 Å². The maximum atomic E-state index is 11.7. The smallest absolute Gasteiger partial charge is 0.248 e. The van der Waals surface area contributed by atoms with Gasteiger partial charge in [0.05, 0.1) is 7.11 Å². The summed E-state index contributed by atoms with van der Waals surface area (Å²) in [6, 6.07) is 14.9. The number of methoxy groups -OCH3 is 1. The quantitative estimate of drug-likeness (QED) is 0.550. The van der Waals surface area contributed by atoms with Crippen molar-refractivity contribution < 1.29 is 9.53 Å². The monoisotopic (exact) mass is 474 g/mol. The number of benzene rings is 2. The average molecular weight is 475 g/mol. The van der Waals surface area contributed by atoms with Crippen molar-refractivity contribution in [2.75, 3.05) is 46.9 Å². The number of piperidine rings is 2. The molecule has 0 aliphatic carbocycles. The van der Waals surface area contributed by atoms with Crippen LogP contribution in [-0.2, 0) is 6.42 Å². The molecule has 1 unspecified atom stereocenters. The van der Waals surface area contributed by atoms with E-state index < -0.39 is 0 Å². The lowest BCUT2D eigenvalue weighted by molar-refractivity contribution is 0.100. The number of ether oxygens (including phenoxy) is 1. The van der Waals surface area contributed by atoms with Gasteiger partial charge >= 0.3 is 0 Å². The molecule has 6 nitrogen and oxygen atoms in total. The molecule has 1 amide bonds. The van der Waals surface area contributed by atoms with E-state index in [0.29, 0.717) is 17.5 Å². The molecule has 3 aromatic rings. The first-order valence-electron chi connectivity index (χ1n) is 13.0. The molecule has 186 valence electrons. The average Bonchev–Trinajstić information content (AvgIpc) is 3.31. The molecule has 5 rings (SSSR count). The lowest BCUT2D eigenvalue weighted by Crippen LogP contribution is -2.36. The van der Waals surface area contributed by atoms with Gasteiger partial charge in [0.1, 0.15) is 5.75 Å². The zero-order valence-corrected chi connectivity index (χ0v) is 21.1. The zero-order valence-electron chi connectivity index (χ0n) is 21.1. The Labute approximate surface area is 208 Å². The van der Waals surface area contributed by atoms with Crippen molar-refractivity contribution in [2.45, 2.75) is 44.1 Å². The van der Waals surface area contributed by atoms with Crippen molar-refractivity contribution in [1.82, 2.24) is 14.4 Å². The molecular formula is C29H38N4O2. The van der Waals surface area contributed by atoms with Crippen molar-refractivity contribution in [3.63, 3.8) is 0 Å². The van der Waals surface area contributed by atoms with Crippen molar-refractivity contribution in [2.24, 2.45) is 5.73 Å². The van der Waals surface area contributed by atoms with Crippen LogP contribution >= 0.6 is 0 Å². The summed E-state index contributed by atoms with van der Waals surface area (Å²) in [5.41, 5.74) is 10.1. The summed E-state index contributed by atoms with van der Waals surface area (Å²) in [6.07, 6.45) is 7.93. The van der Waals surface area contributed by atoms with Crippen LogP contribution in [0.25, 0.3) is 10.9 Å². The van der Waals surface area contributed by atoms with E-state index in [1.54, 1.807) is 7.11 Å². The molecule has 2 fully saturated rings. The van der Waals surface area contributed by atoms with Crippen LogP contribution in [0.5, 0.6) is 5.75 Å². The summed E-state index contributed by atoms with van der Waals surface area (Å²) < 4.78 is 8.15. The van der Waals surface area contributed by atoms with Crippen LogP contribution in [0, 0.1) is 0 Å². The summed E-state index contributed by atoms with van der Waals surface area (Å²) >= 11 is 0. The Hall–Kier alpha value is -2.83. The van der Waals surface area contributed by atoms with Gasteiger partial charge in [-0.15, -0.1) is 0 Å². The maximum Gasteiger partial charge on any atom is 0.248 e. The van der Waals surface area contributed by atoms with Gasteiger partial charge in [-0.2, -0.15) is 0 Å². The molecule has 35 heavy (non-hydrogen) atoms. The molecule has 3 heterocycles. The molecule has 1 aromatic heterocycles. The molecule has 2 aliphatic heterocycles. The lowest BCUT2D eigenvalue weighted by atomic mass is 9.86. The molecule has 6 heteroatoms. The van der Waals surface area contributed by atoms with E-state index in [-0.39, 0.29) is 5.91 Å². The highest BCUT2D eigenvalue weighted by Crippen LogP contribution is 2.34. The molecular weight excluding hydrogens is 436 g/mol. The minimum absolute atomic E-state index is 0.370. The van der Waals surface area contributed by atoms with Gasteiger partial charge in [0.25, 0.3) is 0 Å². The van der Waals surface area contributed by atoms with E-state index in [4.69, 9.17) is 10.5 Å². The third kappa shape index (κ3) is 5.09. The van der Waals surface area contributed by atoms with Gasteiger partial charge in [-0.1, -0.05) is 18.2 Å². The molecule has 1 atom stereocenters. The normalized spacial score (nSPS) is 20.3. The first-order chi connectivity index (χ1) is 17.0. The number of nitrogens with two attached hydrogens (primary N) is 1. The Balaban J connectivity index is 1.25. The molecule has 2 aliphatic rings. The number of primary amides is 1. The lowest BCUT2D eigenvalue weighted by Gasteiger charge is -2.34. The van der Waals surface area contributed by atoms with Crippen LogP contribution in [0.15, 0.2) is 48.7 Å². The molecule has 2 saturated heterocycles. The Bertz CT molecular complexity index is 1180. The Morgan fingerprint density at radius 2 is 1.91 bits per heavy atom. The number of amides is 1. The third-order valence-corrected chi connectivity index (χ3v) is 8.09. The van der Waals surface area contributed by atoms with Crippen molar-refractivity contribution in [3.8, 4) is 5.75 Å². The first-order valence-corrected chi connectivity index (χ1v) is 13.0. The Morgan fingerprint density at radius 3 is 2.66 bits per heavy atom. The van der Waals surface area contributed by atoms with Crippen molar-refractivity contribution >= 4 is 16.8 Å². The van der Waals surface area contributed by atoms with Crippen LogP contribution in [0.3, 0.4) is 0 Å². The van der Waals surface area contributed by atoms with E-state index in [9.17, 15) is 4.79 Å². The highest BCUT2D eigenvalue weighted by atomic mass is 16.5. The fourth-order valence-electron chi connectivity index (χ4n) is 6.16. The van der Waals surface area contributed by atoms with Crippen molar-refractivity contribution in [1.29, 1.82) is 0 Å². The van der Waals surface area contributed by atoms with Crippen LogP contribution in [-0.4, -0.2) is 67.2 Å². The second kappa shape index (κ2) is 10.4. The number of nitrogens with zero attached hydrogens (tertiary/aromatic N) is 3. The van der Waals surface area contributed by atoms with E-state index >= 15 is 0 Å². The summed E-state index contributed by atoms with van der Waals surface area (Å²) in [5.74, 6) is 1.26. The molecule has 0 radical (unpaired) electrons. The van der Waals surface area contributed by atoms with Gasteiger partial charge in [-0.3, -0.25) is 4.79 Å². The molecule has 0 spiro atoms. The highest BCUT2D eigenvalue weighted by molar-refractivity contribution is 5.97. The molecule has 0 saturated carbocycles. The predicted molar refractivity (Wildman–Crippen MR) is 141 cm³/mol. The minimum atomic E-state index is -0.370. The van der Waals surface area contributed by atoms with Crippen molar-refractivity contribution in [3.05, 3.63) is 65.4 Å². The highest BCUT2D eigenvalue weighted by Gasteiger charge is 2.25. The summed E-state index contributed by atoms with van der Waals surface area (Å²) in [4.78, 5) is 16.7. The largest absolute Gasteiger partial charge is 0.496 e. The van der Waals surface area contributed by atoms with Crippen LogP contribution in [0.1, 0.15) is 59.1 Å². The second-order valence-corrected chi connectivity index (χ2v) is 10.3. The molecule has 2 aromatic carbocycles. The van der Waals surface area contributed by atoms with Gasteiger partial charge in [-0.05, 0) is 92.4 Å². The van der Waals surface area contributed by atoms with E-state index in [1.807, 2.05) is 18.2 Å². The summed E-state index contributed by atoms with van der Waals surface area (Å²) in [7, 11) is 4.03. The maximum absolute atomic E-state index is 11.7. The van der Waals surface area contributed by atoms with E-state index in [1.165, 1.54) is 30.5 Å². The number of hydrogen-bond acceptors (Lipinski definition) is 4. The SMILES string of the molecule is COc1cccc(C2CCCN(C)C2)c1CCN1CCC(n2ccc3ccc(C(N)=O)cc32)CC1. The summed E-state index contributed by atoms with van der Waals surface area (Å²) in [6.45, 7) is 5.55. The number of carbonyl (C=O) groups excluding carboxylic acids is 1. The number of carbonyl (C=O) groups is 1. The third-order valence-electron chi connectivity index (χ3n) is 8.09. The van der Waals surface area contributed by atoms with E-state index in [2.05, 4.69) is 51.9 Å². The van der Waals surface area contributed by atoms with Gasteiger partial charge < -0.3 is 24.8 Å². The molecule has 2 N–H and O–H groups in total. The number of likely N-dealkylation sites (N-methyl/N-ethyl adjacent to an activating group) is 1. The second-order valence-electron chi connectivity index (χ2n) is 10.3. The zero-order chi connectivity index (χ0) is 24.4. The first kappa shape index (κ1) is 23.9. The van der Waals surface area contributed by atoms with E-state index in [0.717, 1.165) is 62.1 Å². The predicted octanol–water partition coefficient (Wildman–Crippen LogP) is 4.44. The minimum Gasteiger partial charge on any atom is -0.496 e. The Morgan fingerprint density at radius 1 is 1.09 bits per heavy atom. The topological polar surface area (TPSA) is 63.7 Å². The number of hydrogen-bond donors (Lipinski definition) is 1. The van der Waals surface area contributed by atoms with Gasteiger partial charge in [-0.25, -0.2) is 0 Å². The van der Waals surface area contributed by atoms with Crippen LogP contribution in [0.4, 0.5) is 0 Å². The Kier molecular flexibility index (Phi) is 7.12. The fraction of sp³-hybridized carbons (Fsp3) is 0.483. The number of rotatable bonds is 7.